The minimum Gasteiger partial charge on any atom is -0.497 e. The molecule has 0 spiro atoms. The summed E-state index contributed by atoms with van der Waals surface area (Å²) in [6, 6.07) is 7.97. The number of hydrogen-bond acceptors (Lipinski definition) is 6. The molecule has 0 saturated heterocycles. The second-order valence-corrected chi connectivity index (χ2v) is 9.04. The Morgan fingerprint density at radius 3 is 2.36 bits per heavy atom. The lowest BCUT2D eigenvalue weighted by Gasteiger charge is -2.35. The highest BCUT2D eigenvalue weighted by atomic mass is 16.7. The van der Waals surface area contributed by atoms with Crippen LogP contribution in [-0.4, -0.2) is 52.2 Å². The van der Waals surface area contributed by atoms with Gasteiger partial charge in [0, 0.05) is 25.6 Å². The number of rotatable bonds is 15. The van der Waals surface area contributed by atoms with Gasteiger partial charge in [0.15, 0.2) is 12.6 Å². The quantitative estimate of drug-likeness (QED) is 0.249. The van der Waals surface area contributed by atoms with E-state index in [0.29, 0.717) is 31.7 Å². The third-order valence-electron chi connectivity index (χ3n) is 6.29. The molecule has 1 aliphatic rings. The van der Waals surface area contributed by atoms with Crippen molar-refractivity contribution in [2.24, 2.45) is 17.8 Å². The van der Waals surface area contributed by atoms with Crippen molar-refractivity contribution in [2.45, 2.75) is 78.9 Å². The minimum atomic E-state index is -0.260. The molecule has 1 aromatic carbocycles. The van der Waals surface area contributed by atoms with E-state index >= 15 is 0 Å². The van der Waals surface area contributed by atoms with Gasteiger partial charge in [-0.1, -0.05) is 39.0 Å². The topological polar surface area (TPSA) is 55.4 Å². The zero-order valence-corrected chi connectivity index (χ0v) is 21.5. The lowest BCUT2D eigenvalue weighted by Crippen LogP contribution is -2.37. The minimum absolute atomic E-state index is 0.0394. The van der Waals surface area contributed by atoms with Crippen molar-refractivity contribution in [3.05, 3.63) is 42.0 Å². The number of hydrogen-bond donors (Lipinski definition) is 0. The van der Waals surface area contributed by atoms with E-state index in [1.165, 1.54) is 0 Å². The fraction of sp³-hybridized carbons (Fsp3) is 0.704. The summed E-state index contributed by atoms with van der Waals surface area (Å²) in [5.41, 5.74) is 1.13. The molecule has 2 rings (SSSR count). The number of methoxy groups -OCH3 is 2. The molecule has 0 radical (unpaired) electrons. The maximum Gasteiger partial charge on any atom is 0.176 e. The summed E-state index contributed by atoms with van der Waals surface area (Å²) < 4.78 is 34.7. The third kappa shape index (κ3) is 9.38. The molecule has 7 atom stereocenters. The van der Waals surface area contributed by atoms with Gasteiger partial charge in [-0.25, -0.2) is 0 Å². The molecular formula is C27H44O6. The fourth-order valence-corrected chi connectivity index (χ4v) is 4.28. The molecule has 0 saturated carbocycles. The Morgan fingerprint density at radius 1 is 1.00 bits per heavy atom. The second-order valence-electron chi connectivity index (χ2n) is 9.04. The van der Waals surface area contributed by atoms with Crippen molar-refractivity contribution >= 4 is 0 Å². The zero-order valence-electron chi connectivity index (χ0n) is 21.5. The first-order chi connectivity index (χ1) is 15.9. The van der Waals surface area contributed by atoms with Gasteiger partial charge in [0.1, 0.15) is 5.75 Å². The number of benzene rings is 1. The molecule has 0 fully saturated rings. The average molecular weight is 465 g/mol. The molecule has 0 amide bonds. The molecule has 0 bridgehead atoms. The van der Waals surface area contributed by atoms with Crippen molar-refractivity contribution in [2.75, 3.05) is 27.4 Å². The molecule has 6 heteroatoms. The molecule has 33 heavy (non-hydrogen) atoms. The van der Waals surface area contributed by atoms with E-state index in [4.69, 9.17) is 28.4 Å². The summed E-state index contributed by atoms with van der Waals surface area (Å²) in [4.78, 5) is 0. The van der Waals surface area contributed by atoms with Gasteiger partial charge in [0.05, 0.1) is 32.5 Å². The Morgan fingerprint density at radius 2 is 1.73 bits per heavy atom. The van der Waals surface area contributed by atoms with Gasteiger partial charge in [-0.05, 0) is 56.4 Å². The van der Waals surface area contributed by atoms with Gasteiger partial charge >= 0.3 is 0 Å². The lowest BCUT2D eigenvalue weighted by atomic mass is 9.86. The van der Waals surface area contributed by atoms with E-state index in [0.717, 1.165) is 24.2 Å². The normalized spacial score (nSPS) is 24.3. The van der Waals surface area contributed by atoms with Gasteiger partial charge in [-0.2, -0.15) is 0 Å². The van der Waals surface area contributed by atoms with Crippen LogP contribution in [0.5, 0.6) is 5.75 Å². The summed E-state index contributed by atoms with van der Waals surface area (Å²) in [6.07, 6.45) is 5.76. The van der Waals surface area contributed by atoms with Crippen LogP contribution in [0.4, 0.5) is 0 Å². The highest BCUT2D eigenvalue weighted by Gasteiger charge is 2.30. The standard InChI is InChI=1S/C27H44O6/c1-8-31-22(5)32-25(15-9-19(2)27-20(3)10-16-26(29-7)33-27)21(4)17-30-18-23-11-13-24(28-6)14-12-23/h10-14,16,19-22,25-27H,8-9,15,17-18H2,1-7H3/t19-,20-,21-,22?,25-,26+,27-/m0/s1. The second kappa shape index (κ2) is 14.7. The predicted molar refractivity (Wildman–Crippen MR) is 130 cm³/mol. The van der Waals surface area contributed by atoms with Crippen molar-refractivity contribution in [3.8, 4) is 5.75 Å². The molecule has 1 heterocycles. The molecule has 6 nitrogen and oxygen atoms in total. The Balaban J connectivity index is 1.89. The molecular weight excluding hydrogens is 420 g/mol. The van der Waals surface area contributed by atoms with Crippen LogP contribution in [0.15, 0.2) is 36.4 Å². The van der Waals surface area contributed by atoms with Crippen molar-refractivity contribution in [3.63, 3.8) is 0 Å². The van der Waals surface area contributed by atoms with Crippen LogP contribution in [0.2, 0.25) is 0 Å². The Bertz CT molecular complexity index is 676. The van der Waals surface area contributed by atoms with Crippen LogP contribution >= 0.6 is 0 Å². The van der Waals surface area contributed by atoms with Crippen LogP contribution in [0.25, 0.3) is 0 Å². The fourth-order valence-electron chi connectivity index (χ4n) is 4.28. The van der Waals surface area contributed by atoms with Crippen LogP contribution in [-0.2, 0) is 30.3 Å². The largest absolute Gasteiger partial charge is 0.497 e. The van der Waals surface area contributed by atoms with E-state index in [1.54, 1.807) is 14.2 Å². The zero-order chi connectivity index (χ0) is 24.2. The molecule has 188 valence electrons. The van der Waals surface area contributed by atoms with Crippen molar-refractivity contribution < 1.29 is 28.4 Å². The first-order valence-electron chi connectivity index (χ1n) is 12.2. The molecule has 0 N–H and O–H groups in total. The van der Waals surface area contributed by atoms with Crippen LogP contribution < -0.4 is 4.74 Å². The average Bonchev–Trinajstić information content (AvgIpc) is 2.82. The SMILES string of the molecule is CCOC(C)O[C@@H](CC[C@H](C)[C@@H]1O[C@@H](OC)C=C[C@@H]1C)[C@@H](C)COCc1ccc(OC)cc1. The van der Waals surface area contributed by atoms with Gasteiger partial charge in [0.25, 0.3) is 0 Å². The first-order valence-corrected chi connectivity index (χ1v) is 12.2. The Labute approximate surface area is 200 Å². The Kier molecular flexibility index (Phi) is 12.4. The molecule has 1 unspecified atom stereocenters. The summed E-state index contributed by atoms with van der Waals surface area (Å²) in [5.74, 6) is 1.82. The number of ether oxygens (including phenoxy) is 6. The van der Waals surface area contributed by atoms with Gasteiger partial charge in [-0.3, -0.25) is 0 Å². The van der Waals surface area contributed by atoms with E-state index in [9.17, 15) is 0 Å². The highest BCUT2D eigenvalue weighted by Crippen LogP contribution is 2.29. The van der Waals surface area contributed by atoms with Crippen LogP contribution in [0.1, 0.15) is 53.0 Å². The lowest BCUT2D eigenvalue weighted by molar-refractivity contribution is -0.179. The van der Waals surface area contributed by atoms with Gasteiger partial charge < -0.3 is 28.4 Å². The van der Waals surface area contributed by atoms with Crippen LogP contribution in [0.3, 0.4) is 0 Å². The van der Waals surface area contributed by atoms with Gasteiger partial charge in [0.2, 0.25) is 0 Å². The molecule has 1 aromatic rings. The summed E-state index contributed by atoms with van der Waals surface area (Å²) in [6.45, 7) is 12.4. The summed E-state index contributed by atoms with van der Waals surface area (Å²) in [7, 11) is 3.35. The monoisotopic (exact) mass is 464 g/mol. The van der Waals surface area contributed by atoms with Crippen molar-refractivity contribution in [1.29, 1.82) is 0 Å². The maximum absolute atomic E-state index is 6.29. The maximum atomic E-state index is 6.29. The predicted octanol–water partition coefficient (Wildman–Crippen LogP) is 5.60. The first kappa shape index (κ1) is 27.8. The Hall–Kier alpha value is -1.44. The molecule has 0 aromatic heterocycles. The van der Waals surface area contributed by atoms with E-state index in [-0.39, 0.29) is 30.7 Å². The van der Waals surface area contributed by atoms with E-state index in [2.05, 4.69) is 26.8 Å². The van der Waals surface area contributed by atoms with E-state index < -0.39 is 0 Å². The van der Waals surface area contributed by atoms with Crippen LogP contribution in [0, 0.1) is 17.8 Å². The smallest absolute Gasteiger partial charge is 0.176 e. The summed E-state index contributed by atoms with van der Waals surface area (Å²) >= 11 is 0. The summed E-state index contributed by atoms with van der Waals surface area (Å²) in [5, 5.41) is 0. The van der Waals surface area contributed by atoms with Crippen molar-refractivity contribution in [1.82, 2.24) is 0 Å². The highest BCUT2D eigenvalue weighted by molar-refractivity contribution is 5.26. The molecule has 1 aliphatic heterocycles. The molecule has 0 aliphatic carbocycles. The van der Waals surface area contributed by atoms with Gasteiger partial charge in [-0.15, -0.1) is 0 Å². The van der Waals surface area contributed by atoms with E-state index in [1.807, 2.05) is 44.2 Å². The third-order valence-corrected chi connectivity index (χ3v) is 6.29.